The van der Waals surface area contributed by atoms with E-state index in [1.54, 1.807) is 11.3 Å². The van der Waals surface area contributed by atoms with Crippen LogP contribution in [0.3, 0.4) is 0 Å². The number of rotatable bonds is 5. The minimum Gasteiger partial charge on any atom is -0.354 e. The van der Waals surface area contributed by atoms with E-state index in [2.05, 4.69) is 15.2 Å². The van der Waals surface area contributed by atoms with Crippen LogP contribution in [0.15, 0.2) is 60.0 Å². The smallest absolute Gasteiger partial charge is 0.231 e. The molecule has 1 aliphatic heterocycles. The highest BCUT2D eigenvalue weighted by molar-refractivity contribution is 7.13. The molecule has 150 valence electrons. The summed E-state index contributed by atoms with van der Waals surface area (Å²) < 4.78 is 0. The molecule has 0 unspecified atom stereocenters. The number of thiazole rings is 1. The lowest BCUT2D eigenvalue weighted by Gasteiger charge is -2.20. The fourth-order valence-corrected chi connectivity index (χ4v) is 4.49. The minimum atomic E-state index is -0.134. The van der Waals surface area contributed by atoms with Crippen molar-refractivity contribution in [1.29, 1.82) is 0 Å². The summed E-state index contributed by atoms with van der Waals surface area (Å²) in [5.74, 6) is 1.15. The molecule has 0 radical (unpaired) electrons. The number of hydrogen-bond acceptors (Lipinski definition) is 6. The molecule has 4 aromatic rings. The van der Waals surface area contributed by atoms with Gasteiger partial charge in [-0.1, -0.05) is 42.5 Å². The first-order chi connectivity index (χ1) is 14.8. The highest BCUT2D eigenvalue weighted by Gasteiger charge is 2.21. The fraction of sp³-hybridized carbons (Fsp3) is 0.217. The number of para-hydroxylation sites is 2. The van der Waals surface area contributed by atoms with Crippen LogP contribution in [0.25, 0.3) is 21.6 Å². The van der Waals surface area contributed by atoms with Crippen molar-refractivity contribution >= 4 is 39.9 Å². The van der Waals surface area contributed by atoms with Crippen LogP contribution >= 0.6 is 11.3 Å². The number of fused-ring (bicyclic) bond motifs is 1. The molecule has 0 aliphatic carbocycles. The molecule has 6 nitrogen and oxygen atoms in total. The number of carbonyl (C=O) groups is 1. The van der Waals surface area contributed by atoms with Crippen LogP contribution < -0.4 is 10.2 Å². The molecular weight excluding hydrogens is 394 g/mol. The molecule has 3 heterocycles. The Labute approximate surface area is 178 Å². The van der Waals surface area contributed by atoms with Gasteiger partial charge in [-0.2, -0.15) is 0 Å². The summed E-state index contributed by atoms with van der Waals surface area (Å²) in [5.41, 5.74) is 3.43. The third kappa shape index (κ3) is 3.89. The Balaban J connectivity index is 1.38. The van der Waals surface area contributed by atoms with E-state index in [4.69, 9.17) is 9.97 Å². The van der Waals surface area contributed by atoms with Crippen molar-refractivity contribution in [3.8, 4) is 10.6 Å². The molecule has 2 aromatic carbocycles. The summed E-state index contributed by atoms with van der Waals surface area (Å²) in [6, 6.07) is 17.8. The van der Waals surface area contributed by atoms with Crippen LogP contribution in [0.4, 0.5) is 11.6 Å². The number of nitrogens with zero attached hydrogens (tertiary/aromatic N) is 4. The zero-order valence-electron chi connectivity index (χ0n) is 16.4. The van der Waals surface area contributed by atoms with Gasteiger partial charge in [-0.3, -0.25) is 4.79 Å². The fourth-order valence-electron chi connectivity index (χ4n) is 3.67. The van der Waals surface area contributed by atoms with Gasteiger partial charge in [-0.25, -0.2) is 15.0 Å². The Hall–Kier alpha value is -3.32. The monoisotopic (exact) mass is 415 g/mol. The predicted molar refractivity (Wildman–Crippen MR) is 121 cm³/mol. The van der Waals surface area contributed by atoms with E-state index in [0.29, 0.717) is 5.82 Å². The summed E-state index contributed by atoms with van der Waals surface area (Å²) in [5, 5.41) is 5.85. The average molecular weight is 416 g/mol. The van der Waals surface area contributed by atoms with E-state index in [-0.39, 0.29) is 12.3 Å². The molecule has 1 fully saturated rings. The summed E-state index contributed by atoms with van der Waals surface area (Å²) in [6.45, 7) is 1.87. The van der Waals surface area contributed by atoms with E-state index in [0.717, 1.165) is 59.0 Å². The summed E-state index contributed by atoms with van der Waals surface area (Å²) >= 11 is 1.55. The first-order valence-corrected chi connectivity index (χ1v) is 11.0. The van der Waals surface area contributed by atoms with Crippen LogP contribution in [-0.4, -0.2) is 33.9 Å². The minimum absolute atomic E-state index is 0.134. The van der Waals surface area contributed by atoms with Crippen LogP contribution in [0.2, 0.25) is 0 Å². The van der Waals surface area contributed by atoms with Crippen LogP contribution in [-0.2, 0) is 11.2 Å². The quantitative estimate of drug-likeness (QED) is 0.518. The maximum atomic E-state index is 12.8. The second-order valence-electron chi connectivity index (χ2n) is 7.31. The second kappa shape index (κ2) is 8.20. The third-order valence-corrected chi connectivity index (χ3v) is 6.07. The van der Waals surface area contributed by atoms with E-state index >= 15 is 0 Å². The number of anilines is 2. The molecule has 0 spiro atoms. The lowest BCUT2D eigenvalue weighted by Crippen LogP contribution is -2.24. The van der Waals surface area contributed by atoms with Gasteiger partial charge in [0, 0.05) is 24.0 Å². The maximum absolute atomic E-state index is 12.8. The molecule has 1 aliphatic rings. The molecule has 1 amide bonds. The van der Waals surface area contributed by atoms with Crippen molar-refractivity contribution < 1.29 is 4.79 Å². The van der Waals surface area contributed by atoms with Gasteiger partial charge in [0.15, 0.2) is 11.6 Å². The number of aromatic nitrogens is 3. The Morgan fingerprint density at radius 2 is 1.63 bits per heavy atom. The van der Waals surface area contributed by atoms with Gasteiger partial charge >= 0.3 is 0 Å². The van der Waals surface area contributed by atoms with Crippen molar-refractivity contribution in [2.24, 2.45) is 0 Å². The van der Waals surface area contributed by atoms with Gasteiger partial charge in [0.05, 0.1) is 23.1 Å². The summed E-state index contributed by atoms with van der Waals surface area (Å²) in [4.78, 5) is 29.1. The molecule has 30 heavy (non-hydrogen) atoms. The lowest BCUT2D eigenvalue weighted by atomic mass is 10.2. The van der Waals surface area contributed by atoms with Gasteiger partial charge in [-0.15, -0.1) is 11.3 Å². The largest absolute Gasteiger partial charge is 0.354 e. The normalized spacial score (nSPS) is 13.7. The first kappa shape index (κ1) is 18.7. The molecule has 2 aromatic heterocycles. The van der Waals surface area contributed by atoms with Crippen molar-refractivity contribution in [3.63, 3.8) is 0 Å². The standard InChI is InChI=1S/C23H21N5OS/c29-20(14-17-15-30-23(24-17)16-8-2-1-3-9-16)27-21-22(28-12-6-7-13-28)26-19-11-5-4-10-18(19)25-21/h1-5,8-11,15H,6-7,12-14H2,(H,25,27,29). The van der Waals surface area contributed by atoms with E-state index in [9.17, 15) is 4.79 Å². The van der Waals surface area contributed by atoms with Crippen LogP contribution in [0, 0.1) is 0 Å². The van der Waals surface area contributed by atoms with Crippen LogP contribution in [0.5, 0.6) is 0 Å². The lowest BCUT2D eigenvalue weighted by molar-refractivity contribution is -0.115. The molecule has 7 heteroatoms. The third-order valence-electron chi connectivity index (χ3n) is 5.13. The van der Waals surface area contributed by atoms with E-state index < -0.39 is 0 Å². The predicted octanol–water partition coefficient (Wildman–Crippen LogP) is 4.53. The van der Waals surface area contributed by atoms with Gasteiger partial charge in [0.2, 0.25) is 5.91 Å². The Bertz CT molecular complexity index is 1180. The Morgan fingerprint density at radius 3 is 2.40 bits per heavy atom. The number of carbonyl (C=O) groups excluding carboxylic acids is 1. The zero-order valence-corrected chi connectivity index (χ0v) is 17.2. The van der Waals surface area contributed by atoms with Crippen molar-refractivity contribution in [3.05, 3.63) is 65.7 Å². The van der Waals surface area contributed by atoms with Crippen molar-refractivity contribution in [1.82, 2.24) is 15.0 Å². The van der Waals surface area contributed by atoms with Gasteiger partial charge < -0.3 is 10.2 Å². The van der Waals surface area contributed by atoms with Gasteiger partial charge in [0.1, 0.15) is 5.01 Å². The highest BCUT2D eigenvalue weighted by atomic mass is 32.1. The highest BCUT2D eigenvalue weighted by Crippen LogP contribution is 2.28. The molecule has 0 bridgehead atoms. The van der Waals surface area contributed by atoms with Crippen LogP contribution in [0.1, 0.15) is 18.5 Å². The summed E-state index contributed by atoms with van der Waals surface area (Å²) in [7, 11) is 0. The molecule has 1 saturated heterocycles. The Kier molecular flexibility index (Phi) is 5.11. The second-order valence-corrected chi connectivity index (χ2v) is 8.17. The molecule has 0 atom stereocenters. The molecule has 5 rings (SSSR count). The van der Waals surface area contributed by atoms with E-state index in [1.807, 2.05) is 60.0 Å². The topological polar surface area (TPSA) is 71.0 Å². The molecular formula is C23H21N5OS. The zero-order chi connectivity index (χ0) is 20.3. The average Bonchev–Trinajstić information content (AvgIpc) is 3.46. The van der Waals surface area contributed by atoms with E-state index in [1.165, 1.54) is 0 Å². The Morgan fingerprint density at radius 1 is 0.933 bits per heavy atom. The number of amides is 1. The van der Waals surface area contributed by atoms with Crippen molar-refractivity contribution in [2.45, 2.75) is 19.3 Å². The van der Waals surface area contributed by atoms with Crippen molar-refractivity contribution in [2.75, 3.05) is 23.3 Å². The number of nitrogens with one attached hydrogen (secondary N) is 1. The van der Waals surface area contributed by atoms with Gasteiger partial charge in [0.25, 0.3) is 0 Å². The molecule has 1 N–H and O–H groups in total. The maximum Gasteiger partial charge on any atom is 0.231 e. The molecule has 0 saturated carbocycles. The first-order valence-electron chi connectivity index (χ1n) is 10.1. The SMILES string of the molecule is O=C(Cc1csc(-c2ccccc2)n1)Nc1nc2ccccc2nc1N1CCCC1. The van der Waals surface area contributed by atoms with Gasteiger partial charge in [-0.05, 0) is 25.0 Å². The number of hydrogen-bond donors (Lipinski definition) is 1. The number of benzene rings is 2. The summed E-state index contributed by atoms with van der Waals surface area (Å²) in [6.07, 6.45) is 2.46.